The van der Waals surface area contributed by atoms with Crippen LogP contribution in [0, 0.1) is 11.8 Å². The molecule has 2 fully saturated rings. The van der Waals surface area contributed by atoms with Gasteiger partial charge in [0, 0.05) is 25.1 Å². The average molecular weight is 595 g/mol. The van der Waals surface area contributed by atoms with Crippen LogP contribution >= 0.6 is 0 Å². The molecule has 1 unspecified atom stereocenters. The van der Waals surface area contributed by atoms with Crippen molar-refractivity contribution in [3.63, 3.8) is 0 Å². The molecule has 3 N–H and O–H groups in total. The van der Waals surface area contributed by atoms with Crippen LogP contribution in [-0.2, 0) is 20.8 Å². The van der Waals surface area contributed by atoms with Crippen LogP contribution < -0.4 is 16.0 Å². The van der Waals surface area contributed by atoms with E-state index in [0.29, 0.717) is 31.3 Å². The third-order valence-electron chi connectivity index (χ3n) is 9.04. The van der Waals surface area contributed by atoms with Crippen molar-refractivity contribution in [3.8, 4) is 0 Å². The Kier molecular flexibility index (Phi) is 8.23. The first-order chi connectivity index (χ1) is 21.3. The number of hydrogen-bond acceptors (Lipinski definition) is 6. The summed E-state index contributed by atoms with van der Waals surface area (Å²) in [6.45, 7) is 1.13. The van der Waals surface area contributed by atoms with Crippen LogP contribution in [0.15, 0.2) is 60.7 Å². The highest BCUT2D eigenvalue weighted by atomic mass is 16.2. The zero-order valence-electron chi connectivity index (χ0n) is 24.3. The van der Waals surface area contributed by atoms with Crippen molar-refractivity contribution in [2.75, 3.05) is 13.1 Å². The number of nitrogens with one attached hydrogen (secondary N) is 3. The lowest BCUT2D eigenvalue weighted by Gasteiger charge is -2.28. The topological polar surface area (TPSA) is 142 Å². The van der Waals surface area contributed by atoms with Gasteiger partial charge in [0.15, 0.2) is 0 Å². The fourth-order valence-corrected chi connectivity index (χ4v) is 6.53. The molecule has 6 rings (SSSR count). The van der Waals surface area contributed by atoms with Crippen molar-refractivity contribution in [2.24, 2.45) is 11.8 Å². The van der Waals surface area contributed by atoms with Gasteiger partial charge in [-0.3, -0.25) is 39.0 Å². The van der Waals surface area contributed by atoms with Crippen molar-refractivity contribution in [1.82, 2.24) is 20.9 Å². The van der Waals surface area contributed by atoms with E-state index in [1.165, 1.54) is 18.2 Å². The fourth-order valence-electron chi connectivity index (χ4n) is 6.53. The molecule has 1 saturated carbocycles. The number of hydrogen-bond donors (Lipinski definition) is 3. The summed E-state index contributed by atoms with van der Waals surface area (Å²) in [5.74, 6) is -1.97. The standard InChI is InChI=1S/C34H34N4O6/c39-29-15-14-28(32(42)37-29)38-33(43)26-13-12-24(16-27(26)34(38)44)31(41)36-19-21-10-8-20(9-11-21)18-35-30(40)17-23-6-3-5-22-4-1-2-7-25(22)23/h1-7,12-13,16,20-21,28H,8-11,14-15,17-19H2,(H,35,40)(H,36,41)(H,37,39,42). The summed E-state index contributed by atoms with van der Waals surface area (Å²) in [7, 11) is 0. The van der Waals surface area contributed by atoms with Gasteiger partial charge in [0.25, 0.3) is 17.7 Å². The van der Waals surface area contributed by atoms with Crippen molar-refractivity contribution < 1.29 is 28.8 Å². The second-order valence-corrected chi connectivity index (χ2v) is 11.9. The van der Waals surface area contributed by atoms with Crippen LogP contribution in [-0.4, -0.2) is 59.5 Å². The SMILES string of the molecule is O=C(Cc1cccc2ccccc12)NCC1CCC(CNC(=O)c2ccc3c(c2)C(=O)N(C2CCC(=O)NC2=O)C3=O)CC1. The Morgan fingerprint density at radius 3 is 2.20 bits per heavy atom. The van der Waals surface area contributed by atoms with Crippen molar-refractivity contribution in [1.29, 1.82) is 0 Å². The molecule has 3 aromatic carbocycles. The largest absolute Gasteiger partial charge is 0.356 e. The van der Waals surface area contributed by atoms with Gasteiger partial charge in [0.05, 0.1) is 17.5 Å². The number of imide groups is 2. The molecule has 2 aliphatic heterocycles. The highest BCUT2D eigenvalue weighted by Gasteiger charge is 2.44. The Hall–Kier alpha value is -4.86. The molecule has 1 atom stereocenters. The number of fused-ring (bicyclic) bond motifs is 2. The fraction of sp³-hybridized carbons (Fsp3) is 0.353. The molecule has 1 aliphatic carbocycles. The summed E-state index contributed by atoms with van der Waals surface area (Å²) < 4.78 is 0. The summed E-state index contributed by atoms with van der Waals surface area (Å²) in [4.78, 5) is 76.3. The molecule has 1 saturated heterocycles. The molecule has 2 heterocycles. The first-order valence-electron chi connectivity index (χ1n) is 15.2. The minimum Gasteiger partial charge on any atom is -0.356 e. The predicted molar refractivity (Wildman–Crippen MR) is 162 cm³/mol. The second-order valence-electron chi connectivity index (χ2n) is 11.9. The Morgan fingerprint density at radius 1 is 0.773 bits per heavy atom. The average Bonchev–Trinajstić information content (AvgIpc) is 3.28. The number of benzene rings is 3. The molecule has 10 nitrogen and oxygen atoms in total. The van der Waals surface area contributed by atoms with Crippen LogP contribution in [0.1, 0.15) is 75.2 Å². The van der Waals surface area contributed by atoms with Crippen molar-refractivity contribution in [2.45, 2.75) is 51.0 Å². The molecule has 0 aromatic heterocycles. The lowest BCUT2D eigenvalue weighted by atomic mass is 9.82. The van der Waals surface area contributed by atoms with Gasteiger partial charge >= 0.3 is 0 Å². The maximum atomic E-state index is 13.1. The molecule has 6 amide bonds. The van der Waals surface area contributed by atoms with Gasteiger partial charge in [0.2, 0.25) is 17.7 Å². The molecular formula is C34H34N4O6. The molecule has 44 heavy (non-hydrogen) atoms. The van der Waals surface area contributed by atoms with Gasteiger partial charge in [-0.1, -0.05) is 42.5 Å². The number of carbonyl (C=O) groups excluding carboxylic acids is 6. The van der Waals surface area contributed by atoms with Gasteiger partial charge in [-0.25, -0.2) is 0 Å². The van der Waals surface area contributed by atoms with E-state index >= 15 is 0 Å². The first-order valence-corrected chi connectivity index (χ1v) is 15.2. The Bertz CT molecular complexity index is 1670. The van der Waals surface area contributed by atoms with E-state index in [0.717, 1.165) is 46.9 Å². The van der Waals surface area contributed by atoms with E-state index in [1.54, 1.807) is 0 Å². The summed E-state index contributed by atoms with van der Waals surface area (Å²) in [6, 6.07) is 17.4. The Morgan fingerprint density at radius 2 is 1.45 bits per heavy atom. The lowest BCUT2D eigenvalue weighted by molar-refractivity contribution is -0.136. The second kappa shape index (κ2) is 12.4. The van der Waals surface area contributed by atoms with Gasteiger partial charge in [-0.05, 0) is 78.5 Å². The lowest BCUT2D eigenvalue weighted by Crippen LogP contribution is -2.54. The Labute approximate surface area is 254 Å². The van der Waals surface area contributed by atoms with Crippen molar-refractivity contribution >= 4 is 46.2 Å². The molecular weight excluding hydrogens is 560 g/mol. The maximum absolute atomic E-state index is 13.1. The van der Waals surface area contributed by atoms with Crippen LogP contribution in [0.5, 0.6) is 0 Å². The number of amides is 6. The van der Waals surface area contributed by atoms with Crippen LogP contribution in [0.25, 0.3) is 10.8 Å². The van der Waals surface area contributed by atoms with E-state index in [-0.39, 0.29) is 41.3 Å². The first kappa shape index (κ1) is 29.2. The molecule has 0 bridgehead atoms. The highest BCUT2D eigenvalue weighted by molar-refractivity contribution is 6.24. The third kappa shape index (κ3) is 5.97. The normalized spacial score (nSPS) is 21.6. The van der Waals surface area contributed by atoms with E-state index < -0.39 is 29.7 Å². The summed E-state index contributed by atoms with van der Waals surface area (Å²) in [6.07, 6.45) is 4.25. The molecule has 0 radical (unpaired) electrons. The molecule has 10 heteroatoms. The van der Waals surface area contributed by atoms with Crippen molar-refractivity contribution in [3.05, 3.63) is 82.9 Å². The van der Waals surface area contributed by atoms with E-state index in [9.17, 15) is 28.8 Å². The number of nitrogens with zero attached hydrogens (tertiary/aromatic N) is 1. The molecule has 226 valence electrons. The molecule has 0 spiro atoms. The third-order valence-corrected chi connectivity index (χ3v) is 9.04. The minimum absolute atomic E-state index is 0.0190. The maximum Gasteiger partial charge on any atom is 0.262 e. The zero-order valence-corrected chi connectivity index (χ0v) is 24.3. The molecule has 3 aliphatic rings. The van der Waals surface area contributed by atoms with Gasteiger partial charge in [-0.2, -0.15) is 0 Å². The quantitative estimate of drug-likeness (QED) is 0.342. The number of carbonyl (C=O) groups is 6. The monoisotopic (exact) mass is 594 g/mol. The van der Waals surface area contributed by atoms with Crippen LogP contribution in [0.4, 0.5) is 0 Å². The van der Waals surface area contributed by atoms with Crippen LogP contribution in [0.2, 0.25) is 0 Å². The highest BCUT2D eigenvalue weighted by Crippen LogP contribution is 2.30. The zero-order chi connectivity index (χ0) is 30.8. The summed E-state index contributed by atoms with van der Waals surface area (Å²) >= 11 is 0. The molecule has 3 aromatic rings. The van der Waals surface area contributed by atoms with E-state index in [2.05, 4.69) is 16.0 Å². The minimum atomic E-state index is -1.05. The van der Waals surface area contributed by atoms with E-state index in [1.807, 2.05) is 42.5 Å². The summed E-state index contributed by atoms with van der Waals surface area (Å²) in [5, 5.41) is 10.5. The smallest absolute Gasteiger partial charge is 0.262 e. The Balaban J connectivity index is 0.960. The number of rotatable bonds is 8. The predicted octanol–water partition coefficient (Wildman–Crippen LogP) is 3.14. The number of piperidine rings is 1. The van der Waals surface area contributed by atoms with Gasteiger partial charge in [-0.15, -0.1) is 0 Å². The van der Waals surface area contributed by atoms with Crippen LogP contribution in [0.3, 0.4) is 0 Å². The van der Waals surface area contributed by atoms with Gasteiger partial charge < -0.3 is 10.6 Å². The van der Waals surface area contributed by atoms with Gasteiger partial charge in [0.1, 0.15) is 6.04 Å². The van der Waals surface area contributed by atoms with E-state index in [4.69, 9.17) is 0 Å². The summed E-state index contributed by atoms with van der Waals surface area (Å²) in [5.41, 5.74) is 1.50.